The third-order valence-corrected chi connectivity index (χ3v) is 2.44. The van der Waals surface area contributed by atoms with Gasteiger partial charge in [0.25, 0.3) is 0 Å². The largest absolute Gasteiger partial charge is 0.379 e. The number of hydrogen-bond acceptors (Lipinski definition) is 4. The highest BCUT2D eigenvalue weighted by molar-refractivity contribution is 6.31. The monoisotopic (exact) mass is 258 g/mol. The first-order chi connectivity index (χ1) is 8.27. The SMILES string of the molecule is CCNc1ccc(Cl)c(COCCOCC)n1. The van der Waals surface area contributed by atoms with Crippen molar-refractivity contribution in [2.45, 2.75) is 20.5 Å². The molecule has 17 heavy (non-hydrogen) atoms. The van der Waals surface area contributed by atoms with Crippen LogP contribution < -0.4 is 5.32 Å². The van der Waals surface area contributed by atoms with Crippen LogP contribution in [0.3, 0.4) is 0 Å². The maximum Gasteiger partial charge on any atom is 0.126 e. The number of nitrogens with zero attached hydrogens (tertiary/aromatic N) is 1. The second-order valence-electron chi connectivity index (χ2n) is 3.40. The standard InChI is InChI=1S/C12H19ClN2O2/c1-3-14-12-6-5-10(13)11(15-12)9-17-8-7-16-4-2/h5-6H,3-4,7-9H2,1-2H3,(H,14,15). The molecule has 0 radical (unpaired) electrons. The van der Waals surface area contributed by atoms with Crippen molar-refractivity contribution in [2.24, 2.45) is 0 Å². The summed E-state index contributed by atoms with van der Waals surface area (Å²) < 4.78 is 10.6. The van der Waals surface area contributed by atoms with Crippen molar-refractivity contribution in [2.75, 3.05) is 31.7 Å². The summed E-state index contributed by atoms with van der Waals surface area (Å²) in [4.78, 5) is 4.37. The lowest BCUT2D eigenvalue weighted by atomic mass is 10.3. The summed E-state index contributed by atoms with van der Waals surface area (Å²) in [6.45, 7) is 7.08. The molecular weight excluding hydrogens is 240 g/mol. The molecule has 96 valence electrons. The van der Waals surface area contributed by atoms with Crippen LogP contribution in [0.1, 0.15) is 19.5 Å². The van der Waals surface area contributed by atoms with Gasteiger partial charge in [-0.1, -0.05) is 11.6 Å². The van der Waals surface area contributed by atoms with Crippen molar-refractivity contribution in [1.82, 2.24) is 4.98 Å². The molecule has 4 nitrogen and oxygen atoms in total. The van der Waals surface area contributed by atoms with E-state index in [0.717, 1.165) is 18.1 Å². The van der Waals surface area contributed by atoms with Crippen LogP contribution >= 0.6 is 11.6 Å². The number of aromatic nitrogens is 1. The Morgan fingerprint density at radius 2 is 2.00 bits per heavy atom. The minimum atomic E-state index is 0.408. The molecule has 0 amide bonds. The summed E-state index contributed by atoms with van der Waals surface area (Å²) in [7, 11) is 0. The number of rotatable bonds is 8. The van der Waals surface area contributed by atoms with Crippen LogP contribution in [0.5, 0.6) is 0 Å². The van der Waals surface area contributed by atoms with Crippen LogP contribution in [0.4, 0.5) is 5.82 Å². The van der Waals surface area contributed by atoms with Gasteiger partial charge in [0.15, 0.2) is 0 Å². The first-order valence-corrected chi connectivity index (χ1v) is 6.20. The smallest absolute Gasteiger partial charge is 0.126 e. The van der Waals surface area contributed by atoms with Gasteiger partial charge >= 0.3 is 0 Å². The predicted octanol–water partition coefficient (Wildman–Crippen LogP) is 2.72. The first kappa shape index (κ1) is 14.2. The maximum atomic E-state index is 6.03. The van der Waals surface area contributed by atoms with Crippen molar-refractivity contribution in [3.63, 3.8) is 0 Å². The van der Waals surface area contributed by atoms with Crippen LogP contribution in [0, 0.1) is 0 Å². The van der Waals surface area contributed by atoms with Crippen molar-refractivity contribution in [1.29, 1.82) is 0 Å². The van der Waals surface area contributed by atoms with Crippen LogP contribution in [0.25, 0.3) is 0 Å². The van der Waals surface area contributed by atoms with Crippen LogP contribution in [0.15, 0.2) is 12.1 Å². The summed E-state index contributed by atoms with van der Waals surface area (Å²) >= 11 is 6.03. The Morgan fingerprint density at radius 3 is 2.71 bits per heavy atom. The fourth-order valence-electron chi connectivity index (χ4n) is 1.30. The average molecular weight is 259 g/mol. The molecule has 0 saturated heterocycles. The van der Waals surface area contributed by atoms with Gasteiger partial charge in [0.2, 0.25) is 0 Å². The van der Waals surface area contributed by atoms with Gasteiger partial charge in [-0.05, 0) is 26.0 Å². The molecule has 0 aliphatic heterocycles. The molecule has 1 N–H and O–H groups in total. The Bertz CT molecular complexity index is 334. The second kappa shape index (κ2) is 8.28. The summed E-state index contributed by atoms with van der Waals surface area (Å²) in [5.74, 6) is 0.820. The van der Waals surface area contributed by atoms with E-state index in [1.54, 1.807) is 0 Å². The van der Waals surface area contributed by atoms with Gasteiger partial charge in [-0.3, -0.25) is 0 Å². The molecule has 0 spiro atoms. The number of nitrogens with one attached hydrogen (secondary N) is 1. The average Bonchev–Trinajstić information content (AvgIpc) is 2.33. The first-order valence-electron chi connectivity index (χ1n) is 5.82. The normalized spacial score (nSPS) is 10.5. The molecule has 0 atom stereocenters. The summed E-state index contributed by atoms with van der Waals surface area (Å²) in [5.41, 5.74) is 0.751. The van der Waals surface area contributed by atoms with Crippen molar-refractivity contribution in [3.05, 3.63) is 22.8 Å². The van der Waals surface area contributed by atoms with Gasteiger partial charge in [0.1, 0.15) is 5.82 Å². The molecule has 0 unspecified atom stereocenters. The van der Waals surface area contributed by atoms with Crippen LogP contribution in [-0.4, -0.2) is 31.3 Å². The molecule has 0 aromatic carbocycles. The molecule has 0 aliphatic rings. The molecule has 1 aromatic rings. The van der Waals surface area contributed by atoms with Crippen molar-refractivity contribution >= 4 is 17.4 Å². The minimum Gasteiger partial charge on any atom is -0.379 e. The zero-order valence-corrected chi connectivity index (χ0v) is 11.1. The summed E-state index contributed by atoms with van der Waals surface area (Å²) in [5, 5.41) is 3.76. The fourth-order valence-corrected chi connectivity index (χ4v) is 1.46. The molecule has 0 fully saturated rings. The van der Waals surface area contributed by atoms with Crippen molar-refractivity contribution in [3.8, 4) is 0 Å². The molecular formula is C12H19ClN2O2. The highest BCUT2D eigenvalue weighted by Crippen LogP contribution is 2.17. The van der Waals surface area contributed by atoms with E-state index < -0.39 is 0 Å². The van der Waals surface area contributed by atoms with Crippen LogP contribution in [-0.2, 0) is 16.1 Å². The molecule has 0 saturated carbocycles. The Morgan fingerprint density at radius 1 is 1.24 bits per heavy atom. The molecule has 1 aromatic heterocycles. The molecule has 0 aliphatic carbocycles. The highest BCUT2D eigenvalue weighted by Gasteiger charge is 2.03. The third-order valence-electron chi connectivity index (χ3n) is 2.09. The number of anilines is 1. The van der Waals surface area contributed by atoms with E-state index >= 15 is 0 Å². The lowest BCUT2D eigenvalue weighted by molar-refractivity contribution is 0.0442. The molecule has 1 heterocycles. The van der Waals surface area contributed by atoms with Gasteiger partial charge in [-0.25, -0.2) is 4.98 Å². The zero-order valence-electron chi connectivity index (χ0n) is 10.3. The van der Waals surface area contributed by atoms with Gasteiger partial charge in [-0.15, -0.1) is 0 Å². The maximum absolute atomic E-state index is 6.03. The van der Waals surface area contributed by atoms with Gasteiger partial charge in [0, 0.05) is 13.2 Å². The molecule has 5 heteroatoms. The van der Waals surface area contributed by atoms with E-state index in [2.05, 4.69) is 10.3 Å². The topological polar surface area (TPSA) is 43.4 Å². The fraction of sp³-hybridized carbons (Fsp3) is 0.583. The minimum absolute atomic E-state index is 0.408. The van der Waals surface area contributed by atoms with E-state index in [-0.39, 0.29) is 0 Å². The highest BCUT2D eigenvalue weighted by atomic mass is 35.5. The van der Waals surface area contributed by atoms with E-state index in [4.69, 9.17) is 21.1 Å². The van der Waals surface area contributed by atoms with Crippen molar-refractivity contribution < 1.29 is 9.47 Å². The summed E-state index contributed by atoms with van der Waals surface area (Å²) in [6, 6.07) is 3.68. The number of ether oxygens (including phenoxy) is 2. The predicted molar refractivity (Wildman–Crippen MR) is 69.6 cm³/mol. The lowest BCUT2D eigenvalue weighted by Gasteiger charge is -2.08. The third kappa shape index (κ3) is 5.35. The van der Waals surface area contributed by atoms with E-state index in [0.29, 0.717) is 31.5 Å². The Kier molecular flexibility index (Phi) is 6.93. The molecule has 1 rings (SSSR count). The van der Waals surface area contributed by atoms with Gasteiger partial charge in [0.05, 0.1) is 30.5 Å². The zero-order chi connectivity index (χ0) is 12.5. The Hall–Kier alpha value is -0.840. The van der Waals surface area contributed by atoms with E-state index in [1.165, 1.54) is 0 Å². The number of pyridine rings is 1. The quantitative estimate of drug-likeness (QED) is 0.728. The summed E-state index contributed by atoms with van der Waals surface area (Å²) in [6.07, 6.45) is 0. The Labute approximate surface area is 107 Å². The lowest BCUT2D eigenvalue weighted by Crippen LogP contribution is -2.06. The van der Waals surface area contributed by atoms with E-state index in [1.807, 2.05) is 26.0 Å². The second-order valence-corrected chi connectivity index (χ2v) is 3.81. The van der Waals surface area contributed by atoms with Crippen LogP contribution in [0.2, 0.25) is 5.02 Å². The number of halogens is 1. The Balaban J connectivity index is 2.42. The van der Waals surface area contributed by atoms with Gasteiger partial charge < -0.3 is 14.8 Å². The molecule has 0 bridgehead atoms. The van der Waals surface area contributed by atoms with E-state index in [9.17, 15) is 0 Å². The number of hydrogen-bond donors (Lipinski definition) is 1. The van der Waals surface area contributed by atoms with Gasteiger partial charge in [-0.2, -0.15) is 0 Å².